The van der Waals surface area contributed by atoms with E-state index in [1.165, 1.54) is 11.1 Å². The van der Waals surface area contributed by atoms with Crippen LogP contribution < -0.4 is 20.1 Å². The van der Waals surface area contributed by atoms with Crippen LogP contribution in [0.1, 0.15) is 47.5 Å². The van der Waals surface area contributed by atoms with Gasteiger partial charge in [0.2, 0.25) is 11.8 Å². The molecule has 0 bridgehead atoms. The van der Waals surface area contributed by atoms with Gasteiger partial charge in [-0.2, -0.15) is 0 Å². The number of rotatable bonds is 14. The zero-order valence-electron chi connectivity index (χ0n) is 28.1. The Hall–Kier alpha value is -4.68. The van der Waals surface area contributed by atoms with Crippen LogP contribution in [0.3, 0.4) is 0 Å². The van der Waals surface area contributed by atoms with Gasteiger partial charge in [-0.1, -0.05) is 73.8 Å². The van der Waals surface area contributed by atoms with Gasteiger partial charge in [0.15, 0.2) is 0 Å². The van der Waals surface area contributed by atoms with E-state index in [2.05, 4.69) is 46.6 Å². The van der Waals surface area contributed by atoms with Crippen LogP contribution in [0.4, 0.5) is 9.59 Å². The molecule has 2 saturated heterocycles. The Morgan fingerprint density at radius 3 is 1.24 bits per heavy atom. The average molecular weight is 713 g/mol. The molecule has 4 aromatic rings. The highest BCUT2D eigenvalue weighted by Crippen LogP contribution is 2.25. The third-order valence-electron chi connectivity index (χ3n) is 8.07. The topological polar surface area (TPSA) is 137 Å². The first kappa shape index (κ1) is 36.6. The first-order valence-corrected chi connectivity index (χ1v) is 18.4. The Bertz CT molecular complexity index is 1620. The van der Waals surface area contributed by atoms with Crippen molar-refractivity contribution in [1.29, 1.82) is 0 Å². The maximum absolute atomic E-state index is 11.6. The second-order valence-corrected chi connectivity index (χ2v) is 14.0. The standard InChI is InChI=1S/2C19H20N2O3S/c2*1-2-13-3-6-15(20-12-13)9-10-24-16-7-4-14(5-8-16)11-17-18(22)21-19(23)25-17/h2*3-8,12,17H,2,9-11H2,1H3,(H,21,22,23). The summed E-state index contributed by atoms with van der Waals surface area (Å²) in [5, 5.41) is 3.40. The van der Waals surface area contributed by atoms with Crippen LogP contribution in [0.25, 0.3) is 0 Å². The van der Waals surface area contributed by atoms with E-state index >= 15 is 0 Å². The van der Waals surface area contributed by atoms with Crippen molar-refractivity contribution in [2.45, 2.75) is 62.9 Å². The SMILES string of the molecule is CCc1ccc(CCOc2ccc(CC3SC(=O)NC3=O)cc2)nc1.CCc1ccc(CCOc2ccc(CC3SC(=O)NC3=O)cc2)nc1. The lowest BCUT2D eigenvalue weighted by atomic mass is 10.1. The van der Waals surface area contributed by atoms with Crippen molar-refractivity contribution >= 4 is 45.8 Å². The molecule has 2 atom stereocenters. The minimum absolute atomic E-state index is 0.211. The van der Waals surface area contributed by atoms with Gasteiger partial charge in [-0.15, -0.1) is 0 Å². The Morgan fingerprint density at radius 1 is 0.560 bits per heavy atom. The summed E-state index contributed by atoms with van der Waals surface area (Å²) in [4.78, 5) is 54.4. The van der Waals surface area contributed by atoms with Crippen molar-refractivity contribution in [1.82, 2.24) is 20.6 Å². The molecule has 260 valence electrons. The van der Waals surface area contributed by atoms with E-state index in [9.17, 15) is 19.2 Å². The molecule has 2 aromatic carbocycles. The van der Waals surface area contributed by atoms with Gasteiger partial charge in [0.25, 0.3) is 10.5 Å². The van der Waals surface area contributed by atoms with Crippen molar-refractivity contribution in [3.05, 3.63) is 119 Å². The summed E-state index contributed by atoms with van der Waals surface area (Å²) in [7, 11) is 0. The third kappa shape index (κ3) is 11.2. The highest BCUT2D eigenvalue weighted by atomic mass is 32.2. The molecule has 2 aromatic heterocycles. The number of carbonyl (C=O) groups is 4. The lowest BCUT2D eigenvalue weighted by Gasteiger charge is -2.09. The first-order chi connectivity index (χ1) is 24.3. The molecule has 10 nitrogen and oxygen atoms in total. The summed E-state index contributed by atoms with van der Waals surface area (Å²) in [6.07, 6.45) is 8.39. The summed E-state index contributed by atoms with van der Waals surface area (Å²) < 4.78 is 11.5. The number of imide groups is 2. The fourth-order valence-corrected chi connectivity index (χ4v) is 6.82. The average Bonchev–Trinajstić information content (AvgIpc) is 3.63. The fourth-order valence-electron chi connectivity index (χ4n) is 5.10. The maximum Gasteiger partial charge on any atom is 0.286 e. The molecule has 6 rings (SSSR count). The third-order valence-corrected chi connectivity index (χ3v) is 10.0. The summed E-state index contributed by atoms with van der Waals surface area (Å²) >= 11 is 2.10. The molecular formula is C38H40N4O6S2. The highest BCUT2D eigenvalue weighted by molar-refractivity contribution is 8.15. The van der Waals surface area contributed by atoms with Crippen molar-refractivity contribution in [2.24, 2.45) is 0 Å². The summed E-state index contributed by atoms with van der Waals surface area (Å²) in [6.45, 7) is 5.35. The second-order valence-electron chi connectivity index (χ2n) is 11.7. The molecular weight excluding hydrogens is 673 g/mol. The number of ether oxygens (including phenoxy) is 2. The number of nitrogens with one attached hydrogen (secondary N) is 2. The Morgan fingerprint density at radius 2 is 0.940 bits per heavy atom. The molecule has 0 aliphatic carbocycles. The number of aromatic nitrogens is 2. The molecule has 0 saturated carbocycles. The number of amides is 4. The minimum atomic E-state index is -0.337. The maximum atomic E-state index is 11.6. The number of thioether (sulfide) groups is 2. The zero-order chi connectivity index (χ0) is 35.3. The number of hydrogen-bond donors (Lipinski definition) is 2. The lowest BCUT2D eigenvalue weighted by Crippen LogP contribution is -2.25. The van der Waals surface area contributed by atoms with E-state index in [4.69, 9.17) is 9.47 Å². The number of nitrogens with zero attached hydrogens (tertiary/aromatic N) is 2. The quantitative estimate of drug-likeness (QED) is 0.153. The minimum Gasteiger partial charge on any atom is -0.493 e. The Labute approximate surface area is 300 Å². The van der Waals surface area contributed by atoms with Gasteiger partial charge >= 0.3 is 0 Å². The van der Waals surface area contributed by atoms with E-state index in [1.54, 1.807) is 0 Å². The van der Waals surface area contributed by atoms with Crippen LogP contribution in [0.15, 0.2) is 85.2 Å². The first-order valence-electron chi connectivity index (χ1n) is 16.6. The smallest absolute Gasteiger partial charge is 0.286 e. The molecule has 50 heavy (non-hydrogen) atoms. The molecule has 2 unspecified atom stereocenters. The molecule has 2 aliphatic rings. The predicted octanol–water partition coefficient (Wildman–Crippen LogP) is 6.32. The number of carbonyl (C=O) groups excluding carboxylic acids is 4. The molecule has 4 amide bonds. The molecule has 0 spiro atoms. The van der Waals surface area contributed by atoms with Crippen molar-refractivity contribution in [3.63, 3.8) is 0 Å². The summed E-state index contributed by atoms with van der Waals surface area (Å²) in [5.74, 6) is 1.15. The van der Waals surface area contributed by atoms with Gasteiger partial charge in [0, 0.05) is 36.6 Å². The predicted molar refractivity (Wildman–Crippen MR) is 196 cm³/mol. The number of aryl methyl sites for hydroxylation is 2. The van der Waals surface area contributed by atoms with Gasteiger partial charge in [0.05, 0.1) is 23.7 Å². The number of pyridine rings is 2. The number of benzene rings is 2. The monoisotopic (exact) mass is 712 g/mol. The molecule has 4 heterocycles. The van der Waals surface area contributed by atoms with E-state index < -0.39 is 0 Å². The van der Waals surface area contributed by atoms with E-state index in [1.807, 2.05) is 73.1 Å². The normalized spacial score (nSPS) is 16.8. The number of hydrogen-bond acceptors (Lipinski definition) is 10. The van der Waals surface area contributed by atoms with Crippen LogP contribution in [0.5, 0.6) is 11.5 Å². The summed E-state index contributed by atoms with van der Waals surface area (Å²) in [5.41, 5.74) is 6.51. The Kier molecular flexibility index (Phi) is 13.4. The van der Waals surface area contributed by atoms with Gasteiger partial charge in [0.1, 0.15) is 11.5 Å². The van der Waals surface area contributed by atoms with E-state index in [-0.39, 0.29) is 32.8 Å². The molecule has 12 heteroatoms. The largest absolute Gasteiger partial charge is 0.493 e. The van der Waals surface area contributed by atoms with Crippen molar-refractivity contribution in [2.75, 3.05) is 13.2 Å². The van der Waals surface area contributed by atoms with Crippen LogP contribution in [-0.2, 0) is 48.1 Å². The van der Waals surface area contributed by atoms with Crippen LogP contribution in [0.2, 0.25) is 0 Å². The molecule has 2 N–H and O–H groups in total. The van der Waals surface area contributed by atoms with Gasteiger partial charge in [-0.3, -0.25) is 39.8 Å². The lowest BCUT2D eigenvalue weighted by molar-refractivity contribution is -0.119. The van der Waals surface area contributed by atoms with Gasteiger partial charge in [-0.25, -0.2) is 0 Å². The van der Waals surface area contributed by atoms with E-state index in [0.717, 1.165) is 83.2 Å². The fraction of sp³-hybridized carbons (Fsp3) is 0.316. The van der Waals surface area contributed by atoms with Gasteiger partial charge < -0.3 is 9.47 Å². The molecule has 0 radical (unpaired) electrons. The van der Waals surface area contributed by atoms with Crippen LogP contribution in [0, 0.1) is 0 Å². The van der Waals surface area contributed by atoms with Crippen molar-refractivity contribution < 1.29 is 28.7 Å². The molecule has 2 aliphatic heterocycles. The zero-order valence-corrected chi connectivity index (χ0v) is 29.7. The second kappa shape index (κ2) is 18.4. The van der Waals surface area contributed by atoms with Crippen LogP contribution >= 0.6 is 23.5 Å². The summed E-state index contributed by atoms with van der Waals surface area (Å²) in [6, 6.07) is 23.6. The van der Waals surface area contributed by atoms with Crippen molar-refractivity contribution in [3.8, 4) is 11.5 Å². The van der Waals surface area contributed by atoms with Gasteiger partial charge in [-0.05, 0) is 84.3 Å². The Balaban J connectivity index is 0.000000194. The molecule has 2 fully saturated rings. The highest BCUT2D eigenvalue weighted by Gasteiger charge is 2.32. The van der Waals surface area contributed by atoms with E-state index in [0.29, 0.717) is 26.1 Å². The van der Waals surface area contributed by atoms with Crippen LogP contribution in [-0.4, -0.2) is 56.0 Å².